The minimum absolute atomic E-state index is 0.877. The van der Waals surface area contributed by atoms with Crippen LogP contribution >= 0.6 is 0 Å². The molecule has 3 nitrogen and oxygen atoms in total. The number of hydrogen-bond acceptors (Lipinski definition) is 2. The second-order valence-corrected chi connectivity index (χ2v) is 17.3. The zero-order valence-electron chi connectivity index (χ0n) is 36.6. The standard InChI is InChI=1S/C64H42N2O/c1-2-12-48-40-52(28-27-43(48)11-1)50-14-9-13-49(39-50)46-25-23-44(24-26-46)45-29-33-53(34-30-45)65(56-37-38-64-60(42-56)59-19-5-8-22-63(59)67-64)54-35-31-47(32-36-54)51-15-10-16-55(41-51)66-61-20-6-3-17-57(61)58-18-4-7-21-62(58)66/h1-42H. The Morgan fingerprint density at radius 2 is 0.731 bits per heavy atom. The number of aromatic nitrogens is 1. The van der Waals surface area contributed by atoms with Crippen LogP contribution in [0.25, 0.3) is 105 Å². The average Bonchev–Trinajstić information content (AvgIpc) is 3.95. The molecule has 0 unspecified atom stereocenters. The Bertz CT molecular complexity index is 3920. The third-order valence-electron chi connectivity index (χ3n) is 13.4. The van der Waals surface area contributed by atoms with Crippen molar-refractivity contribution in [2.24, 2.45) is 0 Å². The molecule has 0 amide bonds. The van der Waals surface area contributed by atoms with E-state index in [0.717, 1.165) is 61.4 Å². The highest BCUT2D eigenvalue weighted by molar-refractivity contribution is 6.09. The first-order chi connectivity index (χ1) is 33.2. The van der Waals surface area contributed by atoms with E-state index in [0.29, 0.717) is 0 Å². The fraction of sp³-hybridized carbons (Fsp3) is 0. The van der Waals surface area contributed by atoms with Gasteiger partial charge in [-0.05, 0) is 140 Å². The fourth-order valence-corrected chi connectivity index (χ4v) is 10.0. The van der Waals surface area contributed by atoms with E-state index in [1.54, 1.807) is 0 Å². The molecule has 0 saturated heterocycles. The molecule has 0 aliphatic carbocycles. The molecular weight excluding hydrogens is 813 g/mol. The fourth-order valence-electron chi connectivity index (χ4n) is 10.0. The molecule has 2 aromatic heterocycles. The minimum Gasteiger partial charge on any atom is -0.456 e. The van der Waals surface area contributed by atoms with Gasteiger partial charge in [0.25, 0.3) is 0 Å². The Hall–Kier alpha value is -8.92. The summed E-state index contributed by atoms with van der Waals surface area (Å²) in [7, 11) is 0. The maximum absolute atomic E-state index is 6.27. The summed E-state index contributed by atoms with van der Waals surface area (Å²) < 4.78 is 8.65. The molecular formula is C64H42N2O. The van der Waals surface area contributed by atoms with Crippen molar-refractivity contribution in [2.45, 2.75) is 0 Å². The lowest BCUT2D eigenvalue weighted by atomic mass is 9.96. The van der Waals surface area contributed by atoms with Crippen LogP contribution in [0.4, 0.5) is 17.1 Å². The van der Waals surface area contributed by atoms with Crippen LogP contribution in [0, 0.1) is 0 Å². The van der Waals surface area contributed by atoms with Crippen LogP contribution in [0.5, 0.6) is 0 Å². The summed E-state index contributed by atoms with van der Waals surface area (Å²) in [5.41, 5.74) is 18.0. The van der Waals surface area contributed by atoms with Gasteiger partial charge in [-0.3, -0.25) is 0 Å². The van der Waals surface area contributed by atoms with Crippen molar-refractivity contribution in [2.75, 3.05) is 4.90 Å². The van der Waals surface area contributed by atoms with E-state index in [4.69, 9.17) is 4.42 Å². The molecule has 13 rings (SSSR count). The summed E-state index contributed by atoms with van der Waals surface area (Å²) >= 11 is 0. The minimum atomic E-state index is 0.877. The molecule has 67 heavy (non-hydrogen) atoms. The second-order valence-electron chi connectivity index (χ2n) is 17.3. The van der Waals surface area contributed by atoms with Crippen LogP contribution < -0.4 is 4.90 Å². The van der Waals surface area contributed by atoms with Gasteiger partial charge in [0.15, 0.2) is 0 Å². The van der Waals surface area contributed by atoms with E-state index in [-0.39, 0.29) is 0 Å². The molecule has 0 aliphatic rings. The third kappa shape index (κ3) is 6.84. The van der Waals surface area contributed by atoms with Gasteiger partial charge in [-0.2, -0.15) is 0 Å². The Morgan fingerprint density at radius 3 is 1.40 bits per heavy atom. The number of hydrogen-bond donors (Lipinski definition) is 0. The smallest absolute Gasteiger partial charge is 0.135 e. The molecule has 0 N–H and O–H groups in total. The predicted molar refractivity (Wildman–Crippen MR) is 282 cm³/mol. The molecule has 0 spiro atoms. The van der Waals surface area contributed by atoms with Gasteiger partial charge in [0.1, 0.15) is 11.2 Å². The first-order valence-electron chi connectivity index (χ1n) is 22.9. The van der Waals surface area contributed by atoms with Gasteiger partial charge in [-0.1, -0.05) is 170 Å². The molecule has 3 heteroatoms. The maximum atomic E-state index is 6.27. The highest BCUT2D eigenvalue weighted by Crippen LogP contribution is 2.41. The summed E-state index contributed by atoms with van der Waals surface area (Å²) in [6, 6.07) is 91.9. The van der Waals surface area contributed by atoms with E-state index in [2.05, 4.69) is 252 Å². The van der Waals surface area contributed by atoms with Crippen LogP contribution in [-0.2, 0) is 0 Å². The van der Waals surface area contributed by atoms with Crippen LogP contribution in [0.3, 0.4) is 0 Å². The number of fused-ring (bicyclic) bond motifs is 7. The lowest BCUT2D eigenvalue weighted by Gasteiger charge is -2.26. The van der Waals surface area contributed by atoms with Crippen molar-refractivity contribution < 1.29 is 4.42 Å². The van der Waals surface area contributed by atoms with Crippen LogP contribution in [0.1, 0.15) is 0 Å². The molecule has 0 radical (unpaired) electrons. The Morgan fingerprint density at radius 1 is 0.269 bits per heavy atom. The molecule has 0 atom stereocenters. The van der Waals surface area contributed by atoms with Gasteiger partial charge in [-0.25, -0.2) is 0 Å². The highest BCUT2D eigenvalue weighted by Gasteiger charge is 2.17. The van der Waals surface area contributed by atoms with Crippen molar-refractivity contribution >= 4 is 71.6 Å². The average molecular weight is 855 g/mol. The molecule has 11 aromatic carbocycles. The number of furan rings is 1. The van der Waals surface area contributed by atoms with E-state index < -0.39 is 0 Å². The van der Waals surface area contributed by atoms with E-state index in [9.17, 15) is 0 Å². The summed E-state index contributed by atoms with van der Waals surface area (Å²) in [4.78, 5) is 2.34. The lowest BCUT2D eigenvalue weighted by molar-refractivity contribution is 0.669. The van der Waals surface area contributed by atoms with Gasteiger partial charge >= 0.3 is 0 Å². The number of benzene rings is 11. The molecule has 13 aromatic rings. The van der Waals surface area contributed by atoms with Gasteiger partial charge in [0.2, 0.25) is 0 Å². The van der Waals surface area contributed by atoms with Crippen molar-refractivity contribution in [3.8, 4) is 50.2 Å². The normalized spacial score (nSPS) is 11.6. The van der Waals surface area contributed by atoms with Gasteiger partial charge in [0, 0.05) is 44.3 Å². The predicted octanol–water partition coefficient (Wildman–Crippen LogP) is 18.0. The molecule has 2 heterocycles. The molecule has 0 saturated carbocycles. The van der Waals surface area contributed by atoms with E-state index >= 15 is 0 Å². The van der Waals surface area contributed by atoms with E-state index in [1.807, 2.05) is 12.1 Å². The quantitative estimate of drug-likeness (QED) is 0.152. The number of nitrogens with zero attached hydrogens (tertiary/aromatic N) is 2. The SMILES string of the molecule is c1cc(-c2ccc(-c3ccc(N(c4ccc(-c5cccc(-n6c7ccccc7c7ccccc76)c5)cc4)c4ccc5oc6ccccc6c5c4)cc3)cc2)cc(-c2ccc3ccccc3c2)c1. The molecule has 314 valence electrons. The zero-order chi connectivity index (χ0) is 44.3. The van der Waals surface area contributed by atoms with Crippen molar-refractivity contribution in [3.05, 3.63) is 255 Å². The van der Waals surface area contributed by atoms with E-state index in [1.165, 1.54) is 60.4 Å². The first-order valence-corrected chi connectivity index (χ1v) is 22.9. The first kappa shape index (κ1) is 38.5. The van der Waals surface area contributed by atoms with Crippen LogP contribution in [0.2, 0.25) is 0 Å². The summed E-state index contributed by atoms with van der Waals surface area (Å²) in [5, 5.41) is 7.23. The highest BCUT2D eigenvalue weighted by atomic mass is 16.3. The van der Waals surface area contributed by atoms with Gasteiger partial charge < -0.3 is 13.9 Å². The summed E-state index contributed by atoms with van der Waals surface area (Å²) in [6.07, 6.45) is 0. The lowest BCUT2D eigenvalue weighted by Crippen LogP contribution is -2.09. The molecule has 0 fully saturated rings. The monoisotopic (exact) mass is 854 g/mol. The molecule has 0 bridgehead atoms. The van der Waals surface area contributed by atoms with Crippen LogP contribution in [-0.4, -0.2) is 4.57 Å². The summed E-state index contributed by atoms with van der Waals surface area (Å²) in [5.74, 6) is 0. The maximum Gasteiger partial charge on any atom is 0.135 e. The van der Waals surface area contributed by atoms with Crippen molar-refractivity contribution in [1.82, 2.24) is 4.57 Å². The third-order valence-corrected chi connectivity index (χ3v) is 13.4. The Kier molecular flexibility index (Phi) is 9.17. The van der Waals surface area contributed by atoms with Gasteiger partial charge in [-0.15, -0.1) is 0 Å². The van der Waals surface area contributed by atoms with Crippen LogP contribution in [0.15, 0.2) is 259 Å². The number of para-hydroxylation sites is 3. The van der Waals surface area contributed by atoms with Crippen molar-refractivity contribution in [3.63, 3.8) is 0 Å². The Labute approximate surface area is 388 Å². The Balaban J connectivity index is 0.831. The van der Waals surface area contributed by atoms with Crippen molar-refractivity contribution in [1.29, 1.82) is 0 Å². The van der Waals surface area contributed by atoms with Gasteiger partial charge in [0.05, 0.1) is 11.0 Å². The summed E-state index contributed by atoms with van der Waals surface area (Å²) in [6.45, 7) is 0. The number of rotatable bonds is 8. The second kappa shape index (κ2) is 16.0. The number of anilines is 3. The topological polar surface area (TPSA) is 21.3 Å². The molecule has 0 aliphatic heterocycles. The zero-order valence-corrected chi connectivity index (χ0v) is 36.6. The largest absolute Gasteiger partial charge is 0.456 e.